The third-order valence-corrected chi connectivity index (χ3v) is 4.58. The van der Waals surface area contributed by atoms with Crippen LogP contribution in [0, 0.1) is 0 Å². The predicted molar refractivity (Wildman–Crippen MR) is 68.0 cm³/mol. The van der Waals surface area contributed by atoms with Gasteiger partial charge >= 0.3 is 6.18 Å². The Bertz CT molecular complexity index is 542. The minimum absolute atomic E-state index is 0.220. The standard InChI is InChI=1S/C10H15ClF3N3O2S/c1-8(2)17(7-10(12,13)14)20(18,19)9-5-15-16(6-9)4-3-11/h5-6,8H,3-4,7H2,1-2H3. The molecule has 0 bridgehead atoms. The van der Waals surface area contributed by atoms with E-state index in [0.717, 1.165) is 6.20 Å². The van der Waals surface area contributed by atoms with E-state index in [1.807, 2.05) is 0 Å². The van der Waals surface area contributed by atoms with Gasteiger partial charge in [-0.15, -0.1) is 11.6 Å². The molecule has 20 heavy (non-hydrogen) atoms. The fourth-order valence-corrected chi connectivity index (χ4v) is 3.29. The molecular weight excluding hydrogens is 319 g/mol. The molecule has 0 unspecified atom stereocenters. The third kappa shape index (κ3) is 4.35. The Morgan fingerprint density at radius 2 is 2.05 bits per heavy atom. The molecule has 116 valence electrons. The number of halogens is 4. The van der Waals surface area contributed by atoms with Crippen LogP contribution in [0.15, 0.2) is 17.3 Å². The van der Waals surface area contributed by atoms with Crippen molar-refractivity contribution in [1.29, 1.82) is 0 Å². The number of rotatable bonds is 6. The van der Waals surface area contributed by atoms with Crippen molar-refractivity contribution in [2.45, 2.75) is 37.5 Å². The summed E-state index contributed by atoms with van der Waals surface area (Å²) in [7, 11) is -4.24. The van der Waals surface area contributed by atoms with Crippen LogP contribution in [0.25, 0.3) is 0 Å². The fourth-order valence-electron chi connectivity index (χ4n) is 1.54. The van der Waals surface area contributed by atoms with Gasteiger partial charge in [-0.25, -0.2) is 8.42 Å². The Morgan fingerprint density at radius 3 is 2.50 bits per heavy atom. The molecule has 0 N–H and O–H groups in total. The van der Waals surface area contributed by atoms with Gasteiger partial charge in [-0.3, -0.25) is 4.68 Å². The number of alkyl halides is 4. The van der Waals surface area contributed by atoms with Crippen molar-refractivity contribution in [3.8, 4) is 0 Å². The first-order valence-corrected chi connectivity index (χ1v) is 7.72. The van der Waals surface area contributed by atoms with Gasteiger partial charge in [-0.2, -0.15) is 22.6 Å². The first-order chi connectivity index (χ1) is 9.08. The highest BCUT2D eigenvalue weighted by molar-refractivity contribution is 7.89. The molecule has 1 aromatic rings. The van der Waals surface area contributed by atoms with E-state index >= 15 is 0 Å². The zero-order valence-corrected chi connectivity index (χ0v) is 12.5. The van der Waals surface area contributed by atoms with Crippen molar-refractivity contribution in [1.82, 2.24) is 14.1 Å². The maximum absolute atomic E-state index is 12.5. The number of aryl methyl sites for hydroxylation is 1. The average molecular weight is 334 g/mol. The second kappa shape index (κ2) is 6.31. The Morgan fingerprint density at radius 1 is 1.45 bits per heavy atom. The molecule has 0 atom stereocenters. The van der Waals surface area contributed by atoms with E-state index < -0.39 is 28.8 Å². The van der Waals surface area contributed by atoms with Crippen molar-refractivity contribution in [2.75, 3.05) is 12.4 Å². The van der Waals surface area contributed by atoms with Crippen molar-refractivity contribution in [2.24, 2.45) is 0 Å². The third-order valence-electron chi connectivity index (χ3n) is 2.44. The van der Waals surface area contributed by atoms with E-state index in [9.17, 15) is 21.6 Å². The summed E-state index contributed by atoms with van der Waals surface area (Å²) in [6.07, 6.45) is -2.42. The molecule has 0 spiro atoms. The van der Waals surface area contributed by atoms with Crippen LogP contribution in [0.5, 0.6) is 0 Å². The van der Waals surface area contributed by atoms with E-state index in [2.05, 4.69) is 5.10 Å². The first-order valence-electron chi connectivity index (χ1n) is 5.75. The summed E-state index contributed by atoms with van der Waals surface area (Å²) in [6.45, 7) is 1.50. The minimum atomic E-state index is -4.61. The van der Waals surface area contributed by atoms with Crippen molar-refractivity contribution in [3.63, 3.8) is 0 Å². The molecule has 0 saturated heterocycles. The summed E-state index contributed by atoms with van der Waals surface area (Å²) < 4.78 is 63.6. The summed E-state index contributed by atoms with van der Waals surface area (Å²) in [6, 6.07) is -0.821. The maximum atomic E-state index is 12.5. The van der Waals surface area contributed by atoms with E-state index in [0.29, 0.717) is 4.31 Å². The van der Waals surface area contributed by atoms with Gasteiger partial charge in [0.15, 0.2) is 0 Å². The van der Waals surface area contributed by atoms with Crippen LogP contribution >= 0.6 is 11.6 Å². The van der Waals surface area contributed by atoms with Crippen LogP contribution < -0.4 is 0 Å². The molecule has 1 aromatic heterocycles. The quantitative estimate of drug-likeness (QED) is 0.749. The summed E-state index contributed by atoms with van der Waals surface area (Å²) in [5.41, 5.74) is 0. The molecule has 0 amide bonds. The molecular formula is C10H15ClF3N3O2S. The Hall–Kier alpha value is -0.800. The molecule has 1 rings (SSSR count). The van der Waals surface area contributed by atoms with E-state index in [-0.39, 0.29) is 17.3 Å². The van der Waals surface area contributed by atoms with Crippen molar-refractivity contribution < 1.29 is 21.6 Å². The van der Waals surface area contributed by atoms with Gasteiger partial charge in [-0.05, 0) is 13.8 Å². The average Bonchev–Trinajstić information content (AvgIpc) is 2.74. The van der Waals surface area contributed by atoms with Crippen LogP contribution in [-0.4, -0.2) is 47.1 Å². The van der Waals surface area contributed by atoms with Crippen molar-refractivity contribution >= 4 is 21.6 Å². The molecule has 1 heterocycles. The van der Waals surface area contributed by atoms with Crippen LogP contribution in [0.2, 0.25) is 0 Å². The largest absolute Gasteiger partial charge is 0.402 e. The lowest BCUT2D eigenvalue weighted by atomic mass is 10.4. The predicted octanol–water partition coefficient (Wildman–Crippen LogP) is 2.08. The van der Waals surface area contributed by atoms with E-state index in [1.165, 1.54) is 24.7 Å². The Balaban J connectivity index is 3.09. The lowest BCUT2D eigenvalue weighted by Crippen LogP contribution is -2.43. The normalized spacial score (nSPS) is 13.4. The number of aromatic nitrogens is 2. The molecule has 0 aliphatic heterocycles. The highest BCUT2D eigenvalue weighted by Gasteiger charge is 2.38. The fraction of sp³-hybridized carbons (Fsp3) is 0.700. The molecule has 0 saturated carbocycles. The molecule has 0 aliphatic carbocycles. The van der Waals surface area contributed by atoms with Gasteiger partial charge in [-0.1, -0.05) is 0 Å². The van der Waals surface area contributed by atoms with Gasteiger partial charge in [0.1, 0.15) is 11.4 Å². The summed E-state index contributed by atoms with van der Waals surface area (Å²) in [5.74, 6) is 0.220. The summed E-state index contributed by atoms with van der Waals surface area (Å²) in [5, 5.41) is 3.76. The molecule has 0 aromatic carbocycles. The monoisotopic (exact) mass is 333 g/mol. The molecule has 0 fully saturated rings. The zero-order chi connectivity index (χ0) is 15.6. The van der Waals surface area contributed by atoms with Gasteiger partial charge in [0, 0.05) is 18.1 Å². The zero-order valence-electron chi connectivity index (χ0n) is 10.9. The molecule has 0 radical (unpaired) electrons. The highest BCUT2D eigenvalue weighted by atomic mass is 35.5. The van der Waals surface area contributed by atoms with Gasteiger partial charge in [0.2, 0.25) is 10.0 Å². The Kier molecular flexibility index (Phi) is 5.45. The van der Waals surface area contributed by atoms with Crippen LogP contribution in [-0.2, 0) is 16.6 Å². The van der Waals surface area contributed by atoms with E-state index in [1.54, 1.807) is 0 Å². The van der Waals surface area contributed by atoms with Gasteiger partial charge in [0.25, 0.3) is 0 Å². The molecule has 10 heteroatoms. The van der Waals surface area contributed by atoms with Crippen molar-refractivity contribution in [3.05, 3.63) is 12.4 Å². The lowest BCUT2D eigenvalue weighted by Gasteiger charge is -2.26. The second-order valence-corrected chi connectivity index (χ2v) is 6.66. The molecule has 0 aliphatic rings. The number of sulfonamides is 1. The minimum Gasteiger partial charge on any atom is -0.270 e. The Labute approximate surface area is 120 Å². The van der Waals surface area contributed by atoms with Gasteiger partial charge in [0.05, 0.1) is 12.7 Å². The molecule has 5 nitrogen and oxygen atoms in total. The number of hydrogen-bond acceptors (Lipinski definition) is 3. The first kappa shape index (κ1) is 17.3. The SMILES string of the molecule is CC(C)N(CC(F)(F)F)S(=O)(=O)c1cnn(CCCl)c1. The number of hydrogen-bond donors (Lipinski definition) is 0. The topological polar surface area (TPSA) is 55.2 Å². The smallest absolute Gasteiger partial charge is 0.270 e. The summed E-state index contributed by atoms with van der Waals surface area (Å²) >= 11 is 5.49. The second-order valence-electron chi connectivity index (χ2n) is 4.39. The highest BCUT2D eigenvalue weighted by Crippen LogP contribution is 2.24. The maximum Gasteiger partial charge on any atom is 0.402 e. The van der Waals surface area contributed by atoms with Crippen LogP contribution in [0.1, 0.15) is 13.8 Å². The van der Waals surface area contributed by atoms with Crippen LogP contribution in [0.4, 0.5) is 13.2 Å². The summed E-state index contributed by atoms with van der Waals surface area (Å²) in [4.78, 5) is -0.277. The lowest BCUT2D eigenvalue weighted by molar-refractivity contribution is -0.138. The van der Waals surface area contributed by atoms with E-state index in [4.69, 9.17) is 11.6 Å². The van der Waals surface area contributed by atoms with Gasteiger partial charge < -0.3 is 0 Å². The van der Waals surface area contributed by atoms with Crippen LogP contribution in [0.3, 0.4) is 0 Å². The number of nitrogens with zero attached hydrogens (tertiary/aromatic N) is 3.